The third kappa shape index (κ3) is 2.07. The SMILES string of the molecule is COc1ccc(-n2cnc(C#N)c2C#N)c(OC)c1. The van der Waals surface area contributed by atoms with E-state index in [-0.39, 0.29) is 11.4 Å². The lowest BCUT2D eigenvalue weighted by Crippen LogP contribution is -2.00. The van der Waals surface area contributed by atoms with Crippen LogP contribution in [0.15, 0.2) is 24.5 Å². The van der Waals surface area contributed by atoms with Crippen LogP contribution in [0.25, 0.3) is 5.69 Å². The topological polar surface area (TPSA) is 83.9 Å². The molecule has 1 heterocycles. The Morgan fingerprint density at radius 3 is 2.53 bits per heavy atom. The molecular formula is C13H10N4O2. The number of rotatable bonds is 3. The second-order valence-electron chi connectivity index (χ2n) is 3.57. The van der Waals surface area contributed by atoms with Gasteiger partial charge in [-0.15, -0.1) is 0 Å². The van der Waals surface area contributed by atoms with Crippen LogP contribution in [-0.4, -0.2) is 23.8 Å². The highest BCUT2D eigenvalue weighted by molar-refractivity contribution is 5.54. The maximum atomic E-state index is 9.12. The van der Waals surface area contributed by atoms with E-state index < -0.39 is 0 Å². The molecule has 0 bridgehead atoms. The molecule has 0 fully saturated rings. The number of imidazole rings is 1. The largest absolute Gasteiger partial charge is 0.497 e. The highest BCUT2D eigenvalue weighted by Crippen LogP contribution is 2.29. The number of hydrogen-bond acceptors (Lipinski definition) is 5. The Kier molecular flexibility index (Phi) is 3.35. The maximum Gasteiger partial charge on any atom is 0.177 e. The maximum absolute atomic E-state index is 9.12. The van der Waals surface area contributed by atoms with E-state index in [1.54, 1.807) is 25.3 Å². The quantitative estimate of drug-likeness (QED) is 0.831. The van der Waals surface area contributed by atoms with Gasteiger partial charge >= 0.3 is 0 Å². The summed E-state index contributed by atoms with van der Waals surface area (Å²) < 4.78 is 11.9. The Morgan fingerprint density at radius 2 is 1.95 bits per heavy atom. The zero-order chi connectivity index (χ0) is 13.8. The van der Waals surface area contributed by atoms with Gasteiger partial charge in [0.05, 0.1) is 19.9 Å². The molecule has 0 aliphatic carbocycles. The van der Waals surface area contributed by atoms with Crippen LogP contribution in [0.3, 0.4) is 0 Å². The van der Waals surface area contributed by atoms with E-state index in [1.807, 2.05) is 12.1 Å². The minimum absolute atomic E-state index is 0.0837. The Morgan fingerprint density at radius 1 is 1.16 bits per heavy atom. The number of nitrogens with zero attached hydrogens (tertiary/aromatic N) is 4. The molecule has 0 amide bonds. The van der Waals surface area contributed by atoms with Crippen LogP contribution in [-0.2, 0) is 0 Å². The van der Waals surface area contributed by atoms with E-state index >= 15 is 0 Å². The molecule has 0 saturated carbocycles. The van der Waals surface area contributed by atoms with Gasteiger partial charge in [0.25, 0.3) is 0 Å². The highest BCUT2D eigenvalue weighted by atomic mass is 16.5. The first-order valence-electron chi connectivity index (χ1n) is 5.35. The molecule has 0 aliphatic heterocycles. The van der Waals surface area contributed by atoms with Crippen molar-refractivity contribution in [1.82, 2.24) is 9.55 Å². The summed E-state index contributed by atoms with van der Waals surface area (Å²) in [7, 11) is 3.08. The fourth-order valence-corrected chi connectivity index (χ4v) is 1.70. The lowest BCUT2D eigenvalue weighted by atomic mass is 10.2. The average molecular weight is 254 g/mol. The number of nitriles is 2. The summed E-state index contributed by atoms with van der Waals surface area (Å²) in [5.41, 5.74) is 0.875. The van der Waals surface area contributed by atoms with E-state index in [1.165, 1.54) is 18.0 Å². The van der Waals surface area contributed by atoms with E-state index in [2.05, 4.69) is 4.98 Å². The normalized spacial score (nSPS) is 9.47. The number of benzene rings is 1. The molecule has 0 N–H and O–H groups in total. The van der Waals surface area contributed by atoms with Crippen LogP contribution in [0.4, 0.5) is 0 Å². The van der Waals surface area contributed by atoms with Crippen molar-refractivity contribution in [3.63, 3.8) is 0 Å². The predicted octanol–water partition coefficient (Wildman–Crippen LogP) is 1.63. The molecule has 0 saturated heterocycles. The van der Waals surface area contributed by atoms with Gasteiger partial charge in [-0.25, -0.2) is 4.98 Å². The first kappa shape index (κ1) is 12.5. The molecule has 0 atom stereocenters. The van der Waals surface area contributed by atoms with Gasteiger partial charge in [-0.05, 0) is 12.1 Å². The summed E-state index contributed by atoms with van der Waals surface area (Å²) in [6.45, 7) is 0. The zero-order valence-electron chi connectivity index (χ0n) is 10.4. The molecule has 1 aromatic heterocycles. The monoisotopic (exact) mass is 254 g/mol. The molecule has 19 heavy (non-hydrogen) atoms. The molecule has 6 nitrogen and oxygen atoms in total. The van der Waals surface area contributed by atoms with Crippen molar-refractivity contribution in [2.75, 3.05) is 14.2 Å². The van der Waals surface area contributed by atoms with Crippen molar-refractivity contribution in [3.05, 3.63) is 35.9 Å². The predicted molar refractivity (Wildman–Crippen MR) is 66.1 cm³/mol. The molecule has 2 rings (SSSR count). The molecule has 6 heteroatoms. The second-order valence-corrected chi connectivity index (χ2v) is 3.57. The number of aromatic nitrogens is 2. The Balaban J connectivity index is 2.63. The Hall–Kier alpha value is -2.99. The van der Waals surface area contributed by atoms with Gasteiger partial charge in [0.2, 0.25) is 0 Å². The van der Waals surface area contributed by atoms with E-state index in [9.17, 15) is 0 Å². The van der Waals surface area contributed by atoms with Crippen LogP contribution in [0.5, 0.6) is 11.5 Å². The molecule has 0 spiro atoms. The molecule has 2 aromatic rings. The van der Waals surface area contributed by atoms with Crippen molar-refractivity contribution in [2.45, 2.75) is 0 Å². The molecule has 0 aliphatic rings. The lowest BCUT2D eigenvalue weighted by molar-refractivity contribution is 0.393. The fourth-order valence-electron chi connectivity index (χ4n) is 1.70. The van der Waals surface area contributed by atoms with Gasteiger partial charge < -0.3 is 9.47 Å². The van der Waals surface area contributed by atoms with E-state index in [4.69, 9.17) is 20.0 Å². The Labute approximate surface area is 110 Å². The summed E-state index contributed by atoms with van der Waals surface area (Å²) in [5.74, 6) is 1.16. The summed E-state index contributed by atoms with van der Waals surface area (Å²) in [6.07, 6.45) is 1.42. The molecule has 0 unspecified atom stereocenters. The zero-order valence-corrected chi connectivity index (χ0v) is 10.4. The van der Waals surface area contributed by atoms with Crippen molar-refractivity contribution in [2.24, 2.45) is 0 Å². The van der Waals surface area contributed by atoms with Crippen molar-refractivity contribution < 1.29 is 9.47 Å². The second kappa shape index (κ2) is 5.11. The van der Waals surface area contributed by atoms with Gasteiger partial charge in [0.1, 0.15) is 30.0 Å². The molecule has 94 valence electrons. The number of methoxy groups -OCH3 is 2. The first-order chi connectivity index (χ1) is 9.24. The smallest absolute Gasteiger partial charge is 0.177 e. The van der Waals surface area contributed by atoms with Crippen LogP contribution in [0.2, 0.25) is 0 Å². The molecule has 1 aromatic carbocycles. The van der Waals surface area contributed by atoms with Gasteiger partial charge in [-0.3, -0.25) is 4.57 Å². The summed E-state index contributed by atoms with van der Waals surface area (Å²) in [6, 6.07) is 9.02. The van der Waals surface area contributed by atoms with Gasteiger partial charge in [-0.1, -0.05) is 0 Å². The van der Waals surface area contributed by atoms with E-state index in [0.717, 1.165) is 0 Å². The average Bonchev–Trinajstić information content (AvgIpc) is 2.89. The highest BCUT2D eigenvalue weighted by Gasteiger charge is 2.15. The minimum atomic E-state index is 0.0837. The van der Waals surface area contributed by atoms with Gasteiger partial charge in [0.15, 0.2) is 11.4 Å². The molecule has 0 radical (unpaired) electrons. The third-order valence-corrected chi connectivity index (χ3v) is 2.63. The van der Waals surface area contributed by atoms with Gasteiger partial charge in [-0.2, -0.15) is 10.5 Å². The molecular weight excluding hydrogens is 244 g/mol. The van der Waals surface area contributed by atoms with Crippen LogP contribution in [0.1, 0.15) is 11.4 Å². The van der Waals surface area contributed by atoms with Crippen LogP contribution >= 0.6 is 0 Å². The van der Waals surface area contributed by atoms with E-state index in [0.29, 0.717) is 17.2 Å². The number of hydrogen-bond donors (Lipinski definition) is 0. The number of ether oxygens (including phenoxy) is 2. The summed E-state index contributed by atoms with van der Waals surface area (Å²) in [5, 5.41) is 18.0. The van der Waals surface area contributed by atoms with Crippen molar-refractivity contribution in [3.8, 4) is 29.3 Å². The summed E-state index contributed by atoms with van der Waals surface area (Å²) >= 11 is 0. The fraction of sp³-hybridized carbons (Fsp3) is 0.154. The van der Waals surface area contributed by atoms with Crippen LogP contribution in [0, 0.1) is 22.7 Å². The van der Waals surface area contributed by atoms with Gasteiger partial charge in [0, 0.05) is 6.07 Å². The van der Waals surface area contributed by atoms with Crippen LogP contribution < -0.4 is 9.47 Å². The first-order valence-corrected chi connectivity index (χ1v) is 5.35. The lowest BCUT2D eigenvalue weighted by Gasteiger charge is -2.11. The van der Waals surface area contributed by atoms with Crippen molar-refractivity contribution >= 4 is 0 Å². The summed E-state index contributed by atoms with van der Waals surface area (Å²) in [4.78, 5) is 3.89. The standard InChI is InChI=1S/C13H10N4O2/c1-18-9-3-4-11(13(5-9)19-2)17-8-16-10(6-14)12(17)7-15/h3-5,8H,1-2H3. The Bertz CT molecular complexity index is 692. The minimum Gasteiger partial charge on any atom is -0.497 e. The van der Waals surface area contributed by atoms with Crippen molar-refractivity contribution in [1.29, 1.82) is 10.5 Å². The third-order valence-electron chi connectivity index (χ3n) is 2.63.